The van der Waals surface area contributed by atoms with Gasteiger partial charge in [-0.25, -0.2) is 0 Å². The number of benzene rings is 1. The number of hydrogen-bond donors (Lipinski definition) is 2. The first-order chi connectivity index (χ1) is 8.11. The number of amides is 1. The van der Waals surface area contributed by atoms with Gasteiger partial charge in [0.25, 0.3) is 0 Å². The Morgan fingerprint density at radius 2 is 2.24 bits per heavy atom. The van der Waals surface area contributed by atoms with Crippen molar-refractivity contribution in [3.05, 3.63) is 29.8 Å². The Morgan fingerprint density at radius 3 is 2.88 bits per heavy atom. The Bertz CT molecular complexity index is 363. The molecule has 94 valence electrons. The lowest BCUT2D eigenvalue weighted by atomic mass is 10.0. The summed E-state index contributed by atoms with van der Waals surface area (Å²) in [5, 5.41) is 2.78. The minimum atomic E-state index is -0.0440. The van der Waals surface area contributed by atoms with Gasteiger partial charge in [-0.15, -0.1) is 0 Å². The van der Waals surface area contributed by atoms with Gasteiger partial charge < -0.3 is 11.1 Å². The molecule has 0 heterocycles. The van der Waals surface area contributed by atoms with Crippen LogP contribution in [0.25, 0.3) is 0 Å². The maximum atomic E-state index is 11.0. The first-order valence-electron chi connectivity index (χ1n) is 6.24. The molecular formula is C14H22N2O. The van der Waals surface area contributed by atoms with Crippen molar-refractivity contribution in [2.24, 2.45) is 5.73 Å². The van der Waals surface area contributed by atoms with Crippen molar-refractivity contribution < 1.29 is 4.79 Å². The van der Waals surface area contributed by atoms with E-state index in [2.05, 4.69) is 18.3 Å². The van der Waals surface area contributed by atoms with Crippen LogP contribution in [-0.2, 0) is 11.2 Å². The molecular weight excluding hydrogens is 212 g/mol. The smallest absolute Gasteiger partial charge is 0.221 e. The largest absolute Gasteiger partial charge is 0.327 e. The van der Waals surface area contributed by atoms with E-state index in [0.717, 1.165) is 18.5 Å². The van der Waals surface area contributed by atoms with Crippen LogP contribution in [0.5, 0.6) is 0 Å². The minimum Gasteiger partial charge on any atom is -0.327 e. The molecule has 0 bridgehead atoms. The predicted octanol–water partition coefficient (Wildman–Crippen LogP) is 2.71. The van der Waals surface area contributed by atoms with Crippen LogP contribution in [0.1, 0.15) is 38.7 Å². The van der Waals surface area contributed by atoms with Crippen molar-refractivity contribution in [2.75, 3.05) is 5.32 Å². The summed E-state index contributed by atoms with van der Waals surface area (Å²) in [6.45, 7) is 3.68. The second kappa shape index (κ2) is 7.07. The summed E-state index contributed by atoms with van der Waals surface area (Å²) in [5.41, 5.74) is 8.08. The van der Waals surface area contributed by atoms with Crippen LogP contribution in [0.15, 0.2) is 24.3 Å². The predicted molar refractivity (Wildman–Crippen MR) is 72.0 cm³/mol. The third-order valence-corrected chi connectivity index (χ3v) is 2.67. The lowest BCUT2D eigenvalue weighted by Gasteiger charge is -2.12. The first-order valence-corrected chi connectivity index (χ1v) is 6.24. The fourth-order valence-corrected chi connectivity index (χ4v) is 1.85. The molecule has 0 aliphatic heterocycles. The Hall–Kier alpha value is -1.35. The molecule has 0 saturated carbocycles. The second-order valence-electron chi connectivity index (χ2n) is 4.49. The van der Waals surface area contributed by atoms with E-state index in [1.54, 1.807) is 0 Å². The van der Waals surface area contributed by atoms with Crippen molar-refractivity contribution >= 4 is 11.6 Å². The number of nitrogens with two attached hydrogens (primary N) is 1. The lowest BCUT2D eigenvalue weighted by molar-refractivity contribution is -0.114. The maximum absolute atomic E-state index is 11.0. The van der Waals surface area contributed by atoms with Crippen LogP contribution in [0.4, 0.5) is 5.69 Å². The normalized spacial score (nSPS) is 12.2. The SMILES string of the molecule is CCCCC(N)Cc1cccc(NC(C)=O)c1. The summed E-state index contributed by atoms with van der Waals surface area (Å²) in [5.74, 6) is -0.0440. The third-order valence-electron chi connectivity index (χ3n) is 2.67. The van der Waals surface area contributed by atoms with E-state index in [-0.39, 0.29) is 11.9 Å². The summed E-state index contributed by atoms with van der Waals surface area (Å²) < 4.78 is 0. The second-order valence-corrected chi connectivity index (χ2v) is 4.49. The molecule has 1 unspecified atom stereocenters. The van der Waals surface area contributed by atoms with E-state index in [0.29, 0.717) is 0 Å². The summed E-state index contributed by atoms with van der Waals surface area (Å²) >= 11 is 0. The van der Waals surface area contributed by atoms with Crippen LogP contribution in [-0.4, -0.2) is 11.9 Å². The van der Waals surface area contributed by atoms with Gasteiger partial charge in [0.15, 0.2) is 0 Å². The number of anilines is 1. The average Bonchev–Trinajstić information content (AvgIpc) is 2.26. The highest BCUT2D eigenvalue weighted by molar-refractivity contribution is 5.88. The van der Waals surface area contributed by atoms with Crippen molar-refractivity contribution in [2.45, 2.75) is 45.6 Å². The number of carbonyl (C=O) groups excluding carboxylic acids is 1. The number of hydrogen-bond acceptors (Lipinski definition) is 2. The number of carbonyl (C=O) groups is 1. The number of unbranched alkanes of at least 4 members (excludes halogenated alkanes) is 1. The Balaban J connectivity index is 2.55. The molecule has 3 nitrogen and oxygen atoms in total. The number of nitrogens with one attached hydrogen (secondary N) is 1. The highest BCUT2D eigenvalue weighted by Crippen LogP contribution is 2.13. The molecule has 1 aromatic rings. The van der Waals surface area contributed by atoms with Crippen molar-refractivity contribution in [1.29, 1.82) is 0 Å². The van der Waals surface area contributed by atoms with Gasteiger partial charge in [0.2, 0.25) is 5.91 Å². The fraction of sp³-hybridized carbons (Fsp3) is 0.500. The zero-order valence-electron chi connectivity index (χ0n) is 10.7. The van der Waals surface area contributed by atoms with Gasteiger partial charge in [-0.05, 0) is 30.5 Å². The van der Waals surface area contributed by atoms with Crippen LogP contribution in [0.2, 0.25) is 0 Å². The van der Waals surface area contributed by atoms with Crippen molar-refractivity contribution in [1.82, 2.24) is 0 Å². The third kappa shape index (κ3) is 5.50. The van der Waals surface area contributed by atoms with Crippen LogP contribution in [0, 0.1) is 0 Å². The summed E-state index contributed by atoms with van der Waals surface area (Å²) in [4.78, 5) is 11.0. The van der Waals surface area contributed by atoms with Crippen molar-refractivity contribution in [3.8, 4) is 0 Å². The van der Waals surface area contributed by atoms with E-state index in [9.17, 15) is 4.79 Å². The zero-order valence-corrected chi connectivity index (χ0v) is 10.7. The molecule has 0 aliphatic rings. The molecule has 0 fully saturated rings. The van der Waals surface area contributed by atoms with E-state index >= 15 is 0 Å². The van der Waals surface area contributed by atoms with Gasteiger partial charge in [0, 0.05) is 18.7 Å². The highest BCUT2D eigenvalue weighted by Gasteiger charge is 2.04. The molecule has 3 N–H and O–H groups in total. The molecule has 17 heavy (non-hydrogen) atoms. The zero-order chi connectivity index (χ0) is 12.7. The summed E-state index contributed by atoms with van der Waals surface area (Å²) in [6.07, 6.45) is 4.28. The Morgan fingerprint density at radius 1 is 1.47 bits per heavy atom. The number of rotatable bonds is 6. The summed E-state index contributed by atoms with van der Waals surface area (Å²) in [6, 6.07) is 8.10. The standard InChI is InChI=1S/C14H22N2O/c1-3-4-7-13(15)9-12-6-5-8-14(10-12)16-11(2)17/h5-6,8,10,13H,3-4,7,9,15H2,1-2H3,(H,16,17). The quantitative estimate of drug-likeness (QED) is 0.795. The maximum Gasteiger partial charge on any atom is 0.221 e. The molecule has 1 atom stereocenters. The molecule has 0 saturated heterocycles. The first kappa shape index (κ1) is 13.7. The molecule has 1 rings (SSSR count). The molecule has 3 heteroatoms. The Kier molecular flexibility index (Phi) is 5.70. The highest BCUT2D eigenvalue weighted by atomic mass is 16.1. The topological polar surface area (TPSA) is 55.1 Å². The summed E-state index contributed by atoms with van der Waals surface area (Å²) in [7, 11) is 0. The Labute approximate surface area is 103 Å². The molecule has 1 aromatic carbocycles. The van der Waals surface area contributed by atoms with Crippen LogP contribution in [0.3, 0.4) is 0 Å². The van der Waals surface area contributed by atoms with E-state index in [1.807, 2.05) is 18.2 Å². The molecule has 1 amide bonds. The van der Waals surface area contributed by atoms with E-state index in [1.165, 1.54) is 25.3 Å². The monoisotopic (exact) mass is 234 g/mol. The van der Waals surface area contributed by atoms with E-state index in [4.69, 9.17) is 5.73 Å². The van der Waals surface area contributed by atoms with Gasteiger partial charge in [-0.2, -0.15) is 0 Å². The van der Waals surface area contributed by atoms with Gasteiger partial charge in [-0.1, -0.05) is 31.9 Å². The van der Waals surface area contributed by atoms with Crippen LogP contribution < -0.4 is 11.1 Å². The molecule has 0 spiro atoms. The lowest BCUT2D eigenvalue weighted by Crippen LogP contribution is -2.22. The van der Waals surface area contributed by atoms with Gasteiger partial charge in [0.1, 0.15) is 0 Å². The van der Waals surface area contributed by atoms with E-state index < -0.39 is 0 Å². The van der Waals surface area contributed by atoms with Gasteiger partial charge >= 0.3 is 0 Å². The minimum absolute atomic E-state index is 0.0440. The molecule has 0 aromatic heterocycles. The van der Waals surface area contributed by atoms with Crippen molar-refractivity contribution in [3.63, 3.8) is 0 Å². The van der Waals surface area contributed by atoms with Gasteiger partial charge in [0.05, 0.1) is 0 Å². The fourth-order valence-electron chi connectivity index (χ4n) is 1.85. The van der Waals surface area contributed by atoms with Gasteiger partial charge in [-0.3, -0.25) is 4.79 Å². The molecule has 0 aliphatic carbocycles. The molecule has 0 radical (unpaired) electrons. The van der Waals surface area contributed by atoms with Crippen LogP contribution >= 0.6 is 0 Å². The average molecular weight is 234 g/mol.